The molecular weight excluding hydrogens is 543 g/mol. The van der Waals surface area contributed by atoms with E-state index in [1.54, 1.807) is 22.8 Å². The monoisotopic (exact) mass is 576 g/mol. The van der Waals surface area contributed by atoms with E-state index in [4.69, 9.17) is 15.0 Å². The Hall–Kier alpha value is -4.99. The predicted octanol–water partition coefficient (Wildman–Crippen LogP) is 7.39. The fourth-order valence-electron chi connectivity index (χ4n) is 5.49. The summed E-state index contributed by atoms with van der Waals surface area (Å²) in [5, 5.41) is 12.4. The lowest BCUT2D eigenvalue weighted by molar-refractivity contribution is -0.114. The summed E-state index contributed by atoms with van der Waals surface area (Å²) < 4.78 is 15.0. The molecule has 0 unspecified atom stereocenters. The first-order chi connectivity index (χ1) is 20.9. The Balaban J connectivity index is 1.32. The van der Waals surface area contributed by atoms with Gasteiger partial charge in [-0.1, -0.05) is 63.6 Å². The Kier molecular flexibility index (Phi) is 7.91. The quantitative estimate of drug-likeness (QED) is 0.140. The van der Waals surface area contributed by atoms with Crippen LogP contribution >= 0.6 is 0 Å². The lowest BCUT2D eigenvalue weighted by Gasteiger charge is -2.14. The number of nitrogens with zero attached hydrogens (tertiary/aromatic N) is 6. The van der Waals surface area contributed by atoms with E-state index in [1.165, 1.54) is 12.8 Å². The van der Waals surface area contributed by atoms with E-state index in [1.807, 2.05) is 48.8 Å². The summed E-state index contributed by atoms with van der Waals surface area (Å²) >= 11 is 0. The van der Waals surface area contributed by atoms with E-state index in [-0.39, 0.29) is 5.92 Å². The van der Waals surface area contributed by atoms with E-state index in [0.717, 1.165) is 51.6 Å². The second-order valence-corrected chi connectivity index (χ2v) is 11.1. The molecule has 0 radical (unpaired) electrons. The summed E-state index contributed by atoms with van der Waals surface area (Å²) in [5.41, 5.74) is 5.00. The number of benzene rings is 2. The van der Waals surface area contributed by atoms with Crippen LogP contribution in [0, 0.1) is 5.92 Å². The standard InChI is InChI=1S/C33H33FN8O/c1-20(2)28-19-38-42-30(28)40-32(36-17-22-8-4-5-9-22)41-33(42)37-18-24-10-6-7-11-26(24)29-27-13-12-25(39-31(43)21(3)34)16-23(27)14-15-35-29/h6-7,10-17,19-20,22H,3-5,8-9,18H2,1-2H3,(H,39,43)(H,37,40,41). The minimum atomic E-state index is -1.04. The topological polar surface area (TPSA) is 109 Å². The van der Waals surface area contributed by atoms with Gasteiger partial charge in [-0.15, -0.1) is 0 Å². The number of aromatic nitrogens is 5. The number of carbonyl (C=O) groups excluding carboxylic acids is 1. The van der Waals surface area contributed by atoms with Crippen LogP contribution in [0.2, 0.25) is 0 Å². The van der Waals surface area contributed by atoms with Crippen molar-refractivity contribution in [3.8, 4) is 11.3 Å². The molecule has 218 valence electrons. The first kappa shape index (κ1) is 28.1. The zero-order chi connectivity index (χ0) is 29.9. The molecule has 6 rings (SSSR count). The van der Waals surface area contributed by atoms with Crippen LogP contribution < -0.4 is 10.6 Å². The predicted molar refractivity (Wildman–Crippen MR) is 168 cm³/mol. The molecule has 3 aromatic heterocycles. The van der Waals surface area contributed by atoms with Crippen molar-refractivity contribution in [1.82, 2.24) is 24.6 Å². The van der Waals surface area contributed by atoms with Gasteiger partial charge in [-0.3, -0.25) is 9.78 Å². The molecule has 3 heterocycles. The molecule has 1 fully saturated rings. The van der Waals surface area contributed by atoms with Crippen LogP contribution in [0.1, 0.15) is 56.6 Å². The van der Waals surface area contributed by atoms with E-state index >= 15 is 0 Å². The maximum atomic E-state index is 13.2. The third-order valence-corrected chi connectivity index (χ3v) is 7.78. The highest BCUT2D eigenvalue weighted by atomic mass is 19.1. The Morgan fingerprint density at radius 3 is 2.77 bits per heavy atom. The number of nitrogens with one attached hydrogen (secondary N) is 2. The van der Waals surface area contributed by atoms with Crippen LogP contribution in [0.5, 0.6) is 0 Å². The van der Waals surface area contributed by atoms with Gasteiger partial charge in [-0.05, 0) is 53.8 Å². The number of carbonyl (C=O) groups is 1. The molecule has 5 aromatic rings. The van der Waals surface area contributed by atoms with Crippen molar-refractivity contribution in [3.05, 3.63) is 84.5 Å². The number of aliphatic imine (C=N–C) groups is 1. The Bertz CT molecular complexity index is 1860. The van der Waals surface area contributed by atoms with Gasteiger partial charge in [0.2, 0.25) is 5.95 Å². The summed E-state index contributed by atoms with van der Waals surface area (Å²) in [6.07, 6.45) is 10.4. The van der Waals surface area contributed by atoms with Crippen molar-refractivity contribution >= 4 is 46.1 Å². The minimum Gasteiger partial charge on any atom is -0.350 e. The van der Waals surface area contributed by atoms with Crippen molar-refractivity contribution in [1.29, 1.82) is 0 Å². The summed E-state index contributed by atoms with van der Waals surface area (Å²) in [4.78, 5) is 30.7. The van der Waals surface area contributed by atoms with Gasteiger partial charge in [-0.25, -0.2) is 9.38 Å². The van der Waals surface area contributed by atoms with Gasteiger partial charge in [0.15, 0.2) is 11.5 Å². The molecule has 9 nitrogen and oxygen atoms in total. The van der Waals surface area contributed by atoms with Crippen LogP contribution in [0.25, 0.3) is 27.7 Å². The minimum absolute atomic E-state index is 0.245. The average molecular weight is 577 g/mol. The van der Waals surface area contributed by atoms with Gasteiger partial charge < -0.3 is 10.6 Å². The molecule has 43 heavy (non-hydrogen) atoms. The smallest absolute Gasteiger partial charge is 0.283 e. The third-order valence-electron chi connectivity index (χ3n) is 7.78. The van der Waals surface area contributed by atoms with E-state index in [9.17, 15) is 9.18 Å². The van der Waals surface area contributed by atoms with E-state index in [2.05, 4.69) is 41.2 Å². The number of hydrogen-bond acceptors (Lipinski definition) is 7. The van der Waals surface area contributed by atoms with E-state index < -0.39 is 11.7 Å². The second kappa shape index (κ2) is 12.1. The maximum absolute atomic E-state index is 13.2. The van der Waals surface area contributed by atoms with Gasteiger partial charge >= 0.3 is 0 Å². The number of anilines is 2. The molecule has 1 aliphatic carbocycles. The zero-order valence-corrected chi connectivity index (χ0v) is 24.2. The average Bonchev–Trinajstić information content (AvgIpc) is 3.69. The second-order valence-electron chi connectivity index (χ2n) is 11.1. The van der Waals surface area contributed by atoms with Crippen LogP contribution in [0.3, 0.4) is 0 Å². The van der Waals surface area contributed by atoms with Crippen LogP contribution in [0.4, 0.5) is 22.0 Å². The molecule has 0 aliphatic heterocycles. The van der Waals surface area contributed by atoms with Crippen LogP contribution in [0.15, 0.2) is 78.3 Å². The molecule has 1 aliphatic rings. The van der Waals surface area contributed by atoms with E-state index in [0.29, 0.717) is 30.0 Å². The van der Waals surface area contributed by atoms with Crippen molar-refractivity contribution in [3.63, 3.8) is 0 Å². The third kappa shape index (κ3) is 5.99. The number of hydrogen-bond donors (Lipinski definition) is 2. The normalized spacial score (nSPS) is 13.9. The van der Waals surface area contributed by atoms with Crippen molar-refractivity contribution in [2.24, 2.45) is 10.9 Å². The number of halogens is 1. The Morgan fingerprint density at radius 2 is 1.98 bits per heavy atom. The molecule has 2 N–H and O–H groups in total. The zero-order valence-electron chi connectivity index (χ0n) is 24.2. The number of rotatable bonds is 9. The highest BCUT2D eigenvalue weighted by Crippen LogP contribution is 2.32. The first-order valence-electron chi connectivity index (χ1n) is 14.5. The molecule has 1 amide bonds. The lowest BCUT2D eigenvalue weighted by atomic mass is 9.99. The molecule has 0 atom stereocenters. The Labute approximate surface area is 249 Å². The molecule has 0 bridgehead atoms. The summed E-state index contributed by atoms with van der Waals surface area (Å²) in [5.74, 6) is -0.204. The van der Waals surface area contributed by atoms with Crippen molar-refractivity contribution in [2.75, 3.05) is 10.6 Å². The van der Waals surface area contributed by atoms with Gasteiger partial charge in [0.05, 0.1) is 11.9 Å². The molecular formula is C33H33FN8O. The summed E-state index contributed by atoms with van der Waals surface area (Å²) in [7, 11) is 0. The first-order valence-corrected chi connectivity index (χ1v) is 14.5. The molecule has 10 heteroatoms. The van der Waals surface area contributed by atoms with Crippen LogP contribution in [-0.2, 0) is 11.3 Å². The van der Waals surface area contributed by atoms with Crippen molar-refractivity contribution in [2.45, 2.75) is 52.0 Å². The molecule has 1 saturated carbocycles. The highest BCUT2D eigenvalue weighted by Gasteiger charge is 2.18. The largest absolute Gasteiger partial charge is 0.350 e. The Morgan fingerprint density at radius 1 is 1.16 bits per heavy atom. The molecule has 2 aromatic carbocycles. The fraction of sp³-hybridized carbons (Fsp3) is 0.273. The maximum Gasteiger partial charge on any atom is 0.283 e. The van der Waals surface area contributed by atoms with Gasteiger partial charge in [0.25, 0.3) is 11.9 Å². The molecule has 0 spiro atoms. The summed E-state index contributed by atoms with van der Waals surface area (Å²) in [6, 6.07) is 15.3. The fourth-order valence-corrected chi connectivity index (χ4v) is 5.49. The highest BCUT2D eigenvalue weighted by molar-refractivity contribution is 6.04. The SMILES string of the molecule is C=C(F)C(=O)Nc1ccc2c(-c3ccccc3CNc3nc(N=CC4CCCC4)nc4c(C(C)C)cnn34)nccc2c1. The van der Waals surface area contributed by atoms with Gasteiger partial charge in [-0.2, -0.15) is 19.6 Å². The lowest BCUT2D eigenvalue weighted by Crippen LogP contribution is -2.11. The molecule has 0 saturated heterocycles. The number of amides is 1. The van der Waals surface area contributed by atoms with Crippen molar-refractivity contribution < 1.29 is 9.18 Å². The summed E-state index contributed by atoms with van der Waals surface area (Å²) in [6.45, 7) is 7.75. The van der Waals surface area contributed by atoms with Crippen LogP contribution in [-0.4, -0.2) is 36.7 Å². The van der Waals surface area contributed by atoms with Gasteiger partial charge in [0.1, 0.15) is 0 Å². The van der Waals surface area contributed by atoms with Gasteiger partial charge in [0, 0.05) is 41.2 Å². The number of fused-ring (bicyclic) bond motifs is 2. The number of pyridine rings is 1.